The van der Waals surface area contributed by atoms with Crippen molar-refractivity contribution in [3.63, 3.8) is 0 Å². The summed E-state index contributed by atoms with van der Waals surface area (Å²) >= 11 is 0. The molecule has 3 aromatic carbocycles. The molecule has 0 radical (unpaired) electrons. The highest BCUT2D eigenvalue weighted by Crippen LogP contribution is 2.33. The van der Waals surface area contributed by atoms with Crippen molar-refractivity contribution in [3.8, 4) is 0 Å². The second-order valence-electron chi connectivity index (χ2n) is 10.5. The number of sulfonamides is 1. The van der Waals surface area contributed by atoms with Crippen molar-refractivity contribution >= 4 is 27.5 Å². The van der Waals surface area contributed by atoms with Gasteiger partial charge in [0.25, 0.3) is 0 Å². The number of unbranched alkanes of at least 4 members (excludes halogenated alkanes) is 1. The van der Waals surface area contributed by atoms with Crippen LogP contribution in [0.1, 0.15) is 44.2 Å². The van der Waals surface area contributed by atoms with E-state index in [1.165, 1.54) is 28.6 Å². The van der Waals surface area contributed by atoms with Gasteiger partial charge in [0.15, 0.2) is 5.41 Å². The van der Waals surface area contributed by atoms with E-state index in [-0.39, 0.29) is 30.5 Å². The highest BCUT2D eigenvalue weighted by Gasteiger charge is 2.47. The summed E-state index contributed by atoms with van der Waals surface area (Å²) in [5.74, 6) is -1.29. The number of carbonyl (C=O) groups excluding carboxylic acids is 2. The molecule has 3 aromatic rings. The Balaban J connectivity index is 1.72. The number of nitrogens with zero attached hydrogens (tertiary/aromatic N) is 1. The van der Waals surface area contributed by atoms with Crippen molar-refractivity contribution in [1.82, 2.24) is 9.62 Å². The summed E-state index contributed by atoms with van der Waals surface area (Å²) in [6, 6.07) is 22.8. The molecule has 220 valence electrons. The van der Waals surface area contributed by atoms with Crippen LogP contribution in [0.2, 0.25) is 0 Å². The van der Waals surface area contributed by atoms with Gasteiger partial charge in [-0.25, -0.2) is 8.42 Å². The monoisotopic (exact) mass is 580 g/mol. The van der Waals surface area contributed by atoms with Crippen LogP contribution in [0.5, 0.6) is 0 Å². The molecule has 41 heavy (non-hydrogen) atoms. The summed E-state index contributed by atoms with van der Waals surface area (Å²) in [5.41, 5.74) is 11.3. The molecular formula is C31H40N4O5S. The van der Waals surface area contributed by atoms with Gasteiger partial charge in [0.05, 0.1) is 11.5 Å². The van der Waals surface area contributed by atoms with Crippen molar-refractivity contribution in [2.24, 2.45) is 11.7 Å². The molecule has 0 fully saturated rings. The number of rotatable bonds is 15. The van der Waals surface area contributed by atoms with Crippen LogP contribution < -0.4 is 16.8 Å². The zero-order valence-electron chi connectivity index (χ0n) is 23.6. The zero-order valence-corrected chi connectivity index (χ0v) is 24.4. The number of nitrogens with one attached hydrogen (secondary N) is 1. The Hall–Kier alpha value is -3.73. The van der Waals surface area contributed by atoms with Crippen LogP contribution in [0, 0.1) is 5.92 Å². The average Bonchev–Trinajstić information content (AvgIpc) is 2.95. The molecule has 1 unspecified atom stereocenters. The highest BCUT2D eigenvalue weighted by atomic mass is 32.2. The Labute approximate surface area is 242 Å². The van der Waals surface area contributed by atoms with Crippen LogP contribution in [-0.4, -0.2) is 55.4 Å². The Bertz CT molecular complexity index is 1340. The fourth-order valence-electron chi connectivity index (χ4n) is 4.95. The molecule has 0 saturated heterocycles. The Morgan fingerprint density at radius 3 is 1.90 bits per heavy atom. The van der Waals surface area contributed by atoms with E-state index >= 15 is 0 Å². The number of amides is 2. The molecule has 0 aromatic heterocycles. The van der Waals surface area contributed by atoms with E-state index in [9.17, 15) is 23.1 Å². The molecule has 0 saturated carbocycles. The quantitative estimate of drug-likeness (QED) is 0.123. The Morgan fingerprint density at radius 1 is 0.902 bits per heavy atom. The first-order chi connectivity index (χ1) is 19.5. The standard InChI is InChI=1S/C31H40N4O5S/c1-23(2)21-35(41(39,40)28-18-16-26(32)17-19-28)27(22-36)15-9-10-20-34-30(38)31(29(33)37,24-11-5-3-6-12-24)25-13-7-4-8-14-25/h3-8,11-14,16-19,23,27,36H,9-10,15,20-22,32H2,1-2H3,(H2,33,37)(H,34,38). The smallest absolute Gasteiger partial charge is 0.244 e. The number of hydrogen-bond acceptors (Lipinski definition) is 6. The molecule has 0 aliphatic heterocycles. The van der Waals surface area contributed by atoms with Gasteiger partial charge in [0, 0.05) is 24.8 Å². The van der Waals surface area contributed by atoms with E-state index < -0.39 is 33.3 Å². The first kappa shape index (κ1) is 31.8. The minimum atomic E-state index is -3.87. The van der Waals surface area contributed by atoms with Crippen molar-refractivity contribution < 1.29 is 23.1 Å². The van der Waals surface area contributed by atoms with Crippen molar-refractivity contribution in [3.05, 3.63) is 96.1 Å². The first-order valence-corrected chi connectivity index (χ1v) is 15.2. The molecule has 0 aliphatic rings. The number of aliphatic hydroxyl groups excluding tert-OH is 1. The summed E-state index contributed by atoms with van der Waals surface area (Å²) in [6.45, 7) is 3.96. The molecule has 0 heterocycles. The van der Waals surface area contributed by atoms with Crippen LogP contribution >= 0.6 is 0 Å². The number of nitrogen functional groups attached to an aromatic ring is 1. The lowest BCUT2D eigenvalue weighted by Gasteiger charge is -2.31. The maximum atomic E-state index is 13.7. The van der Waals surface area contributed by atoms with Crippen LogP contribution in [0.3, 0.4) is 0 Å². The number of benzene rings is 3. The van der Waals surface area contributed by atoms with E-state index in [0.29, 0.717) is 36.1 Å². The molecule has 0 bridgehead atoms. The Morgan fingerprint density at radius 2 is 1.44 bits per heavy atom. The molecule has 3 rings (SSSR count). The first-order valence-electron chi connectivity index (χ1n) is 13.7. The lowest BCUT2D eigenvalue weighted by atomic mass is 9.73. The maximum absolute atomic E-state index is 13.7. The predicted molar refractivity (Wildman–Crippen MR) is 160 cm³/mol. The van der Waals surface area contributed by atoms with E-state index in [2.05, 4.69) is 5.32 Å². The molecule has 6 N–H and O–H groups in total. The number of hydrogen-bond donors (Lipinski definition) is 4. The molecular weight excluding hydrogens is 540 g/mol. The minimum Gasteiger partial charge on any atom is -0.399 e. The molecule has 1 atom stereocenters. The highest BCUT2D eigenvalue weighted by molar-refractivity contribution is 7.89. The molecule has 0 aliphatic carbocycles. The fourth-order valence-corrected chi connectivity index (χ4v) is 6.76. The molecule has 10 heteroatoms. The van der Waals surface area contributed by atoms with E-state index in [1.807, 2.05) is 13.8 Å². The number of primary amides is 1. The topological polar surface area (TPSA) is 156 Å². The summed E-state index contributed by atoms with van der Waals surface area (Å²) in [5, 5.41) is 13.1. The van der Waals surface area contributed by atoms with Crippen LogP contribution in [0.25, 0.3) is 0 Å². The van der Waals surface area contributed by atoms with Crippen molar-refractivity contribution in [1.29, 1.82) is 0 Å². The van der Waals surface area contributed by atoms with E-state index in [4.69, 9.17) is 11.5 Å². The summed E-state index contributed by atoms with van der Waals surface area (Å²) in [4.78, 5) is 26.7. The summed E-state index contributed by atoms with van der Waals surface area (Å²) in [6.07, 6.45) is 1.40. The SMILES string of the molecule is CC(C)CN(C(CO)CCCCNC(=O)C(C(N)=O)(c1ccccc1)c1ccccc1)S(=O)(=O)c1ccc(N)cc1. The third-order valence-electron chi connectivity index (χ3n) is 7.02. The van der Waals surface area contributed by atoms with Gasteiger partial charge in [-0.2, -0.15) is 4.31 Å². The minimum absolute atomic E-state index is 0.0322. The van der Waals surface area contributed by atoms with Crippen LogP contribution in [-0.2, 0) is 25.0 Å². The van der Waals surface area contributed by atoms with Gasteiger partial charge in [-0.05, 0) is 54.2 Å². The number of aliphatic hydroxyl groups is 1. The van der Waals surface area contributed by atoms with Gasteiger partial charge >= 0.3 is 0 Å². The lowest BCUT2D eigenvalue weighted by Crippen LogP contribution is -2.54. The predicted octanol–water partition coefficient (Wildman–Crippen LogP) is 3.03. The van der Waals surface area contributed by atoms with Crippen LogP contribution in [0.4, 0.5) is 5.69 Å². The average molecular weight is 581 g/mol. The van der Waals surface area contributed by atoms with Gasteiger partial charge in [0.2, 0.25) is 21.8 Å². The third-order valence-corrected chi connectivity index (χ3v) is 8.96. The maximum Gasteiger partial charge on any atom is 0.244 e. The van der Waals surface area contributed by atoms with Crippen molar-refractivity contribution in [2.75, 3.05) is 25.4 Å². The second-order valence-corrected chi connectivity index (χ2v) is 12.4. The van der Waals surface area contributed by atoms with Gasteiger partial charge < -0.3 is 21.9 Å². The number of nitrogens with two attached hydrogens (primary N) is 2. The van der Waals surface area contributed by atoms with Gasteiger partial charge in [-0.15, -0.1) is 0 Å². The molecule has 2 amide bonds. The van der Waals surface area contributed by atoms with E-state index in [0.717, 1.165) is 0 Å². The van der Waals surface area contributed by atoms with Crippen molar-refractivity contribution in [2.45, 2.75) is 49.5 Å². The Kier molecular flexibility index (Phi) is 11.0. The largest absolute Gasteiger partial charge is 0.399 e. The van der Waals surface area contributed by atoms with Gasteiger partial charge in [-0.1, -0.05) is 80.9 Å². The normalized spacial score (nSPS) is 12.8. The fraction of sp³-hybridized carbons (Fsp3) is 0.355. The third kappa shape index (κ3) is 7.32. The molecule has 9 nitrogen and oxygen atoms in total. The summed E-state index contributed by atoms with van der Waals surface area (Å²) < 4.78 is 28.3. The van der Waals surface area contributed by atoms with Gasteiger partial charge in [0.1, 0.15) is 0 Å². The van der Waals surface area contributed by atoms with Gasteiger partial charge in [-0.3, -0.25) is 9.59 Å². The number of anilines is 1. The lowest BCUT2D eigenvalue weighted by molar-refractivity contribution is -0.134. The molecule has 0 spiro atoms. The number of carbonyl (C=O) groups is 2. The van der Waals surface area contributed by atoms with Crippen LogP contribution in [0.15, 0.2) is 89.8 Å². The zero-order chi connectivity index (χ0) is 30.0. The van der Waals surface area contributed by atoms with E-state index in [1.54, 1.807) is 60.7 Å². The second kappa shape index (κ2) is 14.2. The summed E-state index contributed by atoms with van der Waals surface area (Å²) in [7, 11) is -3.87.